The van der Waals surface area contributed by atoms with E-state index in [9.17, 15) is 4.79 Å². The molecule has 0 spiro atoms. The number of aromatic carboxylic acids is 1. The average Bonchev–Trinajstić information content (AvgIpc) is 2.97. The standard InChI is InChI=1S/C12H9N3O2/c16-12(17)11-5-4-9(14-11)7-2-1-3-10-8(7)6-13-15-10/h1-6,14H,(H,13,15)(H,16,17). The van der Waals surface area contributed by atoms with Crippen LogP contribution in [0.4, 0.5) is 0 Å². The maximum absolute atomic E-state index is 10.8. The van der Waals surface area contributed by atoms with E-state index in [1.54, 1.807) is 18.3 Å². The molecule has 1 aromatic carbocycles. The van der Waals surface area contributed by atoms with E-state index in [1.807, 2.05) is 18.2 Å². The lowest BCUT2D eigenvalue weighted by Crippen LogP contribution is -1.95. The normalized spacial score (nSPS) is 10.8. The van der Waals surface area contributed by atoms with Crippen LogP contribution in [0.3, 0.4) is 0 Å². The zero-order chi connectivity index (χ0) is 11.8. The van der Waals surface area contributed by atoms with Crippen molar-refractivity contribution in [1.82, 2.24) is 15.2 Å². The molecule has 0 radical (unpaired) electrons. The molecule has 2 heterocycles. The molecule has 0 bridgehead atoms. The van der Waals surface area contributed by atoms with Gasteiger partial charge in [-0.2, -0.15) is 5.10 Å². The van der Waals surface area contributed by atoms with Gasteiger partial charge in [-0.1, -0.05) is 12.1 Å². The largest absolute Gasteiger partial charge is 0.477 e. The Morgan fingerprint density at radius 2 is 2.12 bits per heavy atom. The third kappa shape index (κ3) is 1.48. The van der Waals surface area contributed by atoms with Crippen molar-refractivity contribution in [2.75, 3.05) is 0 Å². The highest BCUT2D eigenvalue weighted by Gasteiger charge is 2.10. The van der Waals surface area contributed by atoms with Gasteiger partial charge in [0.15, 0.2) is 0 Å². The van der Waals surface area contributed by atoms with Crippen LogP contribution >= 0.6 is 0 Å². The lowest BCUT2D eigenvalue weighted by Gasteiger charge is -1.99. The number of aromatic nitrogens is 3. The number of benzene rings is 1. The molecule has 0 saturated heterocycles. The molecule has 0 saturated carbocycles. The van der Waals surface area contributed by atoms with Crippen LogP contribution in [0.2, 0.25) is 0 Å². The van der Waals surface area contributed by atoms with Gasteiger partial charge in [-0.25, -0.2) is 4.79 Å². The summed E-state index contributed by atoms with van der Waals surface area (Å²) in [7, 11) is 0. The Hall–Kier alpha value is -2.56. The Kier molecular flexibility index (Phi) is 1.98. The van der Waals surface area contributed by atoms with E-state index in [0.717, 1.165) is 22.2 Å². The molecule has 0 amide bonds. The summed E-state index contributed by atoms with van der Waals surface area (Å²) in [5.74, 6) is -0.962. The van der Waals surface area contributed by atoms with E-state index in [-0.39, 0.29) is 5.69 Å². The van der Waals surface area contributed by atoms with Gasteiger partial charge < -0.3 is 10.1 Å². The smallest absolute Gasteiger partial charge is 0.352 e. The lowest BCUT2D eigenvalue weighted by molar-refractivity contribution is 0.0691. The van der Waals surface area contributed by atoms with Crippen LogP contribution < -0.4 is 0 Å². The first-order valence-electron chi connectivity index (χ1n) is 5.10. The Bertz CT molecular complexity index is 696. The molecule has 0 aliphatic heterocycles. The number of fused-ring (bicyclic) bond motifs is 1. The fourth-order valence-corrected chi connectivity index (χ4v) is 1.88. The third-order valence-electron chi connectivity index (χ3n) is 2.69. The van der Waals surface area contributed by atoms with Crippen LogP contribution in [0.25, 0.3) is 22.2 Å². The van der Waals surface area contributed by atoms with Crippen LogP contribution in [0.1, 0.15) is 10.5 Å². The maximum Gasteiger partial charge on any atom is 0.352 e. The summed E-state index contributed by atoms with van der Waals surface area (Å²) in [5, 5.41) is 16.7. The number of carboxylic acids is 1. The number of aromatic amines is 2. The molecule has 0 fully saturated rings. The second-order valence-corrected chi connectivity index (χ2v) is 3.73. The first kappa shape index (κ1) is 9.65. The highest BCUT2D eigenvalue weighted by molar-refractivity contribution is 5.94. The summed E-state index contributed by atoms with van der Waals surface area (Å²) >= 11 is 0. The minimum atomic E-state index is -0.962. The Balaban J connectivity index is 2.19. The van der Waals surface area contributed by atoms with Crippen molar-refractivity contribution in [2.24, 2.45) is 0 Å². The summed E-state index contributed by atoms with van der Waals surface area (Å²) in [6.45, 7) is 0. The minimum absolute atomic E-state index is 0.181. The van der Waals surface area contributed by atoms with Gasteiger partial charge in [-0.15, -0.1) is 0 Å². The van der Waals surface area contributed by atoms with Crippen molar-refractivity contribution in [2.45, 2.75) is 0 Å². The van der Waals surface area contributed by atoms with Crippen LogP contribution in [0.15, 0.2) is 36.5 Å². The summed E-state index contributed by atoms with van der Waals surface area (Å²) in [4.78, 5) is 13.7. The van der Waals surface area contributed by atoms with E-state index in [2.05, 4.69) is 15.2 Å². The van der Waals surface area contributed by atoms with Gasteiger partial charge in [0.2, 0.25) is 0 Å². The number of hydrogen-bond donors (Lipinski definition) is 3. The van der Waals surface area contributed by atoms with Crippen molar-refractivity contribution in [3.63, 3.8) is 0 Å². The molecule has 5 heteroatoms. The molecular weight excluding hydrogens is 218 g/mol. The first-order valence-corrected chi connectivity index (χ1v) is 5.10. The molecule has 84 valence electrons. The fraction of sp³-hybridized carbons (Fsp3) is 0. The van der Waals surface area contributed by atoms with Crippen molar-refractivity contribution in [1.29, 1.82) is 0 Å². The molecule has 3 rings (SSSR count). The molecule has 0 aliphatic rings. The van der Waals surface area contributed by atoms with Gasteiger partial charge in [0, 0.05) is 16.6 Å². The van der Waals surface area contributed by atoms with Crippen LogP contribution in [-0.4, -0.2) is 26.3 Å². The number of nitrogens with one attached hydrogen (secondary N) is 2. The number of carbonyl (C=O) groups is 1. The molecule has 0 atom stereocenters. The Morgan fingerprint density at radius 3 is 2.88 bits per heavy atom. The zero-order valence-electron chi connectivity index (χ0n) is 8.77. The van der Waals surface area contributed by atoms with Gasteiger partial charge >= 0.3 is 5.97 Å². The summed E-state index contributed by atoms with van der Waals surface area (Å²) in [6.07, 6.45) is 1.73. The molecule has 3 N–H and O–H groups in total. The van der Waals surface area contributed by atoms with Gasteiger partial charge in [0.25, 0.3) is 0 Å². The quantitative estimate of drug-likeness (QED) is 0.628. The van der Waals surface area contributed by atoms with Crippen molar-refractivity contribution in [3.05, 3.63) is 42.2 Å². The molecule has 3 aromatic rings. The predicted molar refractivity (Wildman–Crippen MR) is 62.8 cm³/mol. The highest BCUT2D eigenvalue weighted by Crippen LogP contribution is 2.26. The van der Waals surface area contributed by atoms with Crippen LogP contribution in [0, 0.1) is 0 Å². The lowest BCUT2D eigenvalue weighted by atomic mass is 10.1. The van der Waals surface area contributed by atoms with Gasteiger partial charge in [0.05, 0.1) is 11.7 Å². The topological polar surface area (TPSA) is 81.8 Å². The number of H-pyrrole nitrogens is 2. The second kappa shape index (κ2) is 3.48. The number of nitrogens with zero attached hydrogens (tertiary/aromatic N) is 1. The van der Waals surface area contributed by atoms with Crippen LogP contribution in [0.5, 0.6) is 0 Å². The zero-order valence-corrected chi connectivity index (χ0v) is 8.77. The highest BCUT2D eigenvalue weighted by atomic mass is 16.4. The second-order valence-electron chi connectivity index (χ2n) is 3.73. The molecular formula is C12H9N3O2. The molecule has 5 nitrogen and oxygen atoms in total. The predicted octanol–water partition coefficient (Wildman–Crippen LogP) is 2.26. The number of rotatable bonds is 2. The van der Waals surface area contributed by atoms with E-state index in [4.69, 9.17) is 5.11 Å². The van der Waals surface area contributed by atoms with Gasteiger partial charge in [0.1, 0.15) is 5.69 Å². The number of carboxylic acid groups (broad SMARTS) is 1. The van der Waals surface area contributed by atoms with E-state index in [0.29, 0.717) is 0 Å². The Labute approximate surface area is 96.1 Å². The molecule has 0 unspecified atom stereocenters. The minimum Gasteiger partial charge on any atom is -0.477 e. The van der Waals surface area contributed by atoms with E-state index < -0.39 is 5.97 Å². The fourth-order valence-electron chi connectivity index (χ4n) is 1.88. The third-order valence-corrected chi connectivity index (χ3v) is 2.69. The Morgan fingerprint density at radius 1 is 1.24 bits per heavy atom. The summed E-state index contributed by atoms with van der Waals surface area (Å²) in [6, 6.07) is 9.06. The SMILES string of the molecule is O=C(O)c1ccc(-c2cccc3[nH]ncc23)[nH]1. The van der Waals surface area contributed by atoms with E-state index >= 15 is 0 Å². The number of hydrogen-bond acceptors (Lipinski definition) is 2. The van der Waals surface area contributed by atoms with Gasteiger partial charge in [-0.05, 0) is 18.2 Å². The molecule has 17 heavy (non-hydrogen) atoms. The molecule has 0 aliphatic carbocycles. The molecule has 2 aromatic heterocycles. The summed E-state index contributed by atoms with van der Waals surface area (Å²) in [5.41, 5.74) is 2.81. The van der Waals surface area contributed by atoms with Gasteiger partial charge in [-0.3, -0.25) is 5.10 Å². The first-order chi connectivity index (χ1) is 8.25. The van der Waals surface area contributed by atoms with Crippen molar-refractivity contribution in [3.8, 4) is 11.3 Å². The monoisotopic (exact) mass is 227 g/mol. The maximum atomic E-state index is 10.8. The van der Waals surface area contributed by atoms with E-state index in [1.165, 1.54) is 0 Å². The summed E-state index contributed by atoms with van der Waals surface area (Å²) < 4.78 is 0. The van der Waals surface area contributed by atoms with Crippen molar-refractivity contribution < 1.29 is 9.90 Å². The van der Waals surface area contributed by atoms with Crippen LogP contribution in [-0.2, 0) is 0 Å². The average molecular weight is 227 g/mol. The van der Waals surface area contributed by atoms with Crippen molar-refractivity contribution >= 4 is 16.9 Å².